The molecule has 1 heterocycles. The van der Waals surface area contributed by atoms with Crippen molar-refractivity contribution in [2.24, 2.45) is 0 Å². The summed E-state index contributed by atoms with van der Waals surface area (Å²) in [5.41, 5.74) is 0.637. The van der Waals surface area contributed by atoms with Gasteiger partial charge in [0.2, 0.25) is 5.91 Å². The van der Waals surface area contributed by atoms with E-state index in [0.717, 1.165) is 5.56 Å². The number of benzene rings is 2. The largest absolute Gasteiger partial charge is 0.348 e. The molecule has 3 rings (SSSR count). The Balaban J connectivity index is 1.98. The van der Waals surface area contributed by atoms with Gasteiger partial charge in [0.15, 0.2) is 0 Å². The summed E-state index contributed by atoms with van der Waals surface area (Å²) in [6, 6.07) is 16.0. The van der Waals surface area contributed by atoms with Crippen LogP contribution in [-0.2, 0) is 11.3 Å². The highest BCUT2D eigenvalue weighted by Gasteiger charge is 2.17. The predicted octanol–water partition coefficient (Wildman–Crippen LogP) is 2.62. The summed E-state index contributed by atoms with van der Waals surface area (Å²) in [5, 5.41) is 3.34. The number of rotatable bonds is 5. The van der Waals surface area contributed by atoms with Crippen molar-refractivity contribution in [2.75, 3.05) is 0 Å². The number of hydrogen-bond acceptors (Lipinski definition) is 3. The molecule has 0 aliphatic rings. The summed E-state index contributed by atoms with van der Waals surface area (Å²) < 4.78 is 2.56. The lowest BCUT2D eigenvalue weighted by atomic mass is 10.1. The first kappa shape index (κ1) is 18.6. The van der Waals surface area contributed by atoms with Gasteiger partial charge in [-0.1, -0.05) is 42.5 Å². The van der Waals surface area contributed by atoms with E-state index < -0.39 is 5.69 Å². The van der Waals surface area contributed by atoms with Gasteiger partial charge in [0.1, 0.15) is 6.54 Å². The number of amides is 1. The number of carbonyl (C=O) groups is 1. The zero-order chi connectivity index (χ0) is 19.6. The van der Waals surface area contributed by atoms with E-state index in [9.17, 15) is 14.4 Å². The van der Waals surface area contributed by atoms with Crippen LogP contribution in [0, 0.1) is 0 Å². The summed E-state index contributed by atoms with van der Waals surface area (Å²) in [6.45, 7) is 5.30. The first-order valence-corrected chi connectivity index (χ1v) is 8.98. The van der Waals surface area contributed by atoms with Crippen LogP contribution in [0.1, 0.15) is 38.4 Å². The summed E-state index contributed by atoms with van der Waals surface area (Å²) in [4.78, 5) is 38.1. The molecule has 0 radical (unpaired) electrons. The molecule has 0 aliphatic heterocycles. The van der Waals surface area contributed by atoms with Crippen molar-refractivity contribution in [1.82, 2.24) is 14.5 Å². The highest BCUT2D eigenvalue weighted by Crippen LogP contribution is 2.12. The predicted molar refractivity (Wildman–Crippen MR) is 106 cm³/mol. The minimum Gasteiger partial charge on any atom is -0.348 e. The summed E-state index contributed by atoms with van der Waals surface area (Å²) in [6.07, 6.45) is 0. The number of hydrogen-bond donors (Lipinski definition) is 1. The Labute approximate surface area is 157 Å². The number of nitrogens with one attached hydrogen (secondary N) is 1. The molecule has 0 bridgehead atoms. The molecule has 1 N–H and O–H groups in total. The van der Waals surface area contributed by atoms with Gasteiger partial charge in [0, 0.05) is 6.04 Å². The normalized spacial score (nSPS) is 12.3. The Morgan fingerprint density at radius 1 is 0.963 bits per heavy atom. The average molecular weight is 365 g/mol. The molecular formula is C21H23N3O3. The number of aromatic nitrogens is 2. The second-order valence-electron chi connectivity index (χ2n) is 6.85. The molecule has 0 spiro atoms. The smallest absolute Gasteiger partial charge is 0.332 e. The molecule has 0 aliphatic carbocycles. The fourth-order valence-corrected chi connectivity index (χ4v) is 3.20. The van der Waals surface area contributed by atoms with E-state index in [1.165, 1.54) is 9.13 Å². The molecule has 1 unspecified atom stereocenters. The van der Waals surface area contributed by atoms with Gasteiger partial charge in [0.25, 0.3) is 5.56 Å². The van der Waals surface area contributed by atoms with Gasteiger partial charge < -0.3 is 5.32 Å². The van der Waals surface area contributed by atoms with Crippen molar-refractivity contribution in [1.29, 1.82) is 0 Å². The van der Waals surface area contributed by atoms with Gasteiger partial charge in [-0.3, -0.25) is 18.7 Å². The first-order valence-electron chi connectivity index (χ1n) is 8.98. The van der Waals surface area contributed by atoms with Crippen LogP contribution in [0.2, 0.25) is 0 Å². The molecule has 3 aromatic rings. The topological polar surface area (TPSA) is 73.1 Å². The van der Waals surface area contributed by atoms with Gasteiger partial charge in [0.05, 0.1) is 16.9 Å². The molecule has 2 aromatic carbocycles. The van der Waals surface area contributed by atoms with Crippen molar-refractivity contribution >= 4 is 16.8 Å². The summed E-state index contributed by atoms with van der Waals surface area (Å²) in [7, 11) is 0. The van der Waals surface area contributed by atoms with Crippen molar-refractivity contribution in [3.05, 3.63) is 81.0 Å². The summed E-state index contributed by atoms with van der Waals surface area (Å²) >= 11 is 0. The van der Waals surface area contributed by atoms with E-state index in [0.29, 0.717) is 10.9 Å². The lowest BCUT2D eigenvalue weighted by Crippen LogP contribution is -2.43. The first-order chi connectivity index (χ1) is 12.9. The second-order valence-corrected chi connectivity index (χ2v) is 6.85. The third-order valence-corrected chi connectivity index (χ3v) is 4.58. The van der Waals surface area contributed by atoms with Crippen LogP contribution in [0.25, 0.3) is 10.9 Å². The van der Waals surface area contributed by atoms with E-state index in [4.69, 9.17) is 0 Å². The van der Waals surface area contributed by atoms with Gasteiger partial charge in [-0.05, 0) is 38.5 Å². The van der Waals surface area contributed by atoms with Crippen LogP contribution in [0.4, 0.5) is 0 Å². The van der Waals surface area contributed by atoms with E-state index >= 15 is 0 Å². The van der Waals surface area contributed by atoms with Crippen molar-refractivity contribution < 1.29 is 4.79 Å². The maximum Gasteiger partial charge on any atom is 0.332 e. The maximum atomic E-state index is 12.9. The Morgan fingerprint density at radius 3 is 2.26 bits per heavy atom. The number of nitrogens with zero attached hydrogens (tertiary/aromatic N) is 2. The molecule has 1 atom stereocenters. The van der Waals surface area contributed by atoms with Crippen molar-refractivity contribution in [2.45, 2.75) is 39.4 Å². The highest BCUT2D eigenvalue weighted by molar-refractivity contribution is 5.81. The minimum atomic E-state index is -0.476. The third kappa shape index (κ3) is 3.69. The maximum absolute atomic E-state index is 12.9. The lowest BCUT2D eigenvalue weighted by molar-refractivity contribution is -0.122. The average Bonchev–Trinajstić information content (AvgIpc) is 2.65. The van der Waals surface area contributed by atoms with Crippen LogP contribution in [0.15, 0.2) is 64.2 Å². The molecular weight excluding hydrogens is 342 g/mol. The van der Waals surface area contributed by atoms with Crippen molar-refractivity contribution in [3.8, 4) is 0 Å². The molecule has 6 nitrogen and oxygen atoms in total. The highest BCUT2D eigenvalue weighted by atomic mass is 16.2. The van der Waals surface area contributed by atoms with Crippen LogP contribution in [0.5, 0.6) is 0 Å². The third-order valence-electron chi connectivity index (χ3n) is 4.58. The molecule has 0 fully saturated rings. The van der Waals surface area contributed by atoms with E-state index in [1.54, 1.807) is 38.1 Å². The fourth-order valence-electron chi connectivity index (χ4n) is 3.20. The van der Waals surface area contributed by atoms with Crippen LogP contribution in [0.3, 0.4) is 0 Å². The molecule has 1 amide bonds. The SMILES string of the molecule is CC(NC(=O)Cn1c(=O)n(C(C)C)c(=O)c2ccccc21)c1ccccc1. The molecule has 0 saturated carbocycles. The standard InChI is InChI=1S/C21H23N3O3/c1-14(2)24-20(26)17-11-7-8-12-18(17)23(21(24)27)13-19(25)22-15(3)16-9-5-4-6-10-16/h4-12,14-15H,13H2,1-3H3,(H,22,25). The molecule has 6 heteroatoms. The monoisotopic (exact) mass is 365 g/mol. The Bertz CT molecular complexity index is 1080. The van der Waals surface area contributed by atoms with Gasteiger partial charge in [-0.2, -0.15) is 0 Å². The number of para-hydroxylation sites is 1. The van der Waals surface area contributed by atoms with Crippen molar-refractivity contribution in [3.63, 3.8) is 0 Å². The fraction of sp³-hybridized carbons (Fsp3) is 0.286. The zero-order valence-electron chi connectivity index (χ0n) is 15.7. The van der Waals surface area contributed by atoms with E-state index in [-0.39, 0.29) is 30.1 Å². The lowest BCUT2D eigenvalue weighted by Gasteiger charge is -2.18. The minimum absolute atomic E-state index is 0.149. The number of carbonyl (C=O) groups excluding carboxylic acids is 1. The van der Waals surface area contributed by atoms with Crippen LogP contribution in [-0.4, -0.2) is 15.0 Å². The van der Waals surface area contributed by atoms with Gasteiger partial charge >= 0.3 is 5.69 Å². The Kier molecular flexibility index (Phi) is 5.26. The Morgan fingerprint density at radius 2 is 1.59 bits per heavy atom. The van der Waals surface area contributed by atoms with Crippen LogP contribution < -0.4 is 16.6 Å². The molecule has 140 valence electrons. The van der Waals surface area contributed by atoms with Crippen LogP contribution >= 0.6 is 0 Å². The Hall–Kier alpha value is -3.15. The molecule has 27 heavy (non-hydrogen) atoms. The quantitative estimate of drug-likeness (QED) is 0.755. The van der Waals surface area contributed by atoms with Gasteiger partial charge in [-0.25, -0.2) is 4.79 Å². The summed E-state index contributed by atoms with van der Waals surface area (Å²) in [5.74, 6) is -0.285. The van der Waals surface area contributed by atoms with Gasteiger partial charge in [-0.15, -0.1) is 0 Å². The molecule has 0 saturated heterocycles. The number of fused-ring (bicyclic) bond motifs is 1. The zero-order valence-corrected chi connectivity index (χ0v) is 15.7. The van der Waals surface area contributed by atoms with E-state index in [2.05, 4.69) is 5.32 Å². The second kappa shape index (κ2) is 7.61. The van der Waals surface area contributed by atoms with E-state index in [1.807, 2.05) is 37.3 Å². The molecule has 1 aromatic heterocycles.